The number of nitrogens with one attached hydrogen (secondary N) is 1. The van der Waals surface area contributed by atoms with Crippen LogP contribution >= 0.6 is 11.3 Å². The molecule has 0 spiro atoms. The highest BCUT2D eigenvalue weighted by molar-refractivity contribution is 7.11. The second-order valence-electron chi connectivity index (χ2n) is 3.68. The number of aryl methyl sites for hydroxylation is 3. The summed E-state index contributed by atoms with van der Waals surface area (Å²) >= 11 is 1.84. The predicted octanol–water partition coefficient (Wildman–Crippen LogP) is 2.69. The van der Waals surface area contributed by atoms with Crippen LogP contribution in [-0.4, -0.2) is 18.1 Å². The molecule has 0 aromatic carbocycles. The van der Waals surface area contributed by atoms with Crippen LogP contribution in [0, 0.1) is 13.8 Å². The molecule has 0 radical (unpaired) electrons. The molecule has 1 rings (SSSR count). The molecule has 1 atom stereocenters. The fourth-order valence-corrected chi connectivity index (χ4v) is 2.45. The van der Waals surface area contributed by atoms with Crippen molar-refractivity contribution in [3.8, 4) is 0 Å². The summed E-state index contributed by atoms with van der Waals surface area (Å²) in [7, 11) is 2.03. The average molecular weight is 212 g/mol. The van der Waals surface area contributed by atoms with Gasteiger partial charge < -0.3 is 5.32 Å². The molecule has 3 heteroatoms. The summed E-state index contributed by atoms with van der Waals surface area (Å²) in [5.74, 6) is 0. The van der Waals surface area contributed by atoms with Gasteiger partial charge in [-0.1, -0.05) is 6.92 Å². The van der Waals surface area contributed by atoms with E-state index in [0.717, 1.165) is 6.42 Å². The maximum atomic E-state index is 4.54. The van der Waals surface area contributed by atoms with Crippen LogP contribution in [0.5, 0.6) is 0 Å². The molecule has 1 unspecified atom stereocenters. The molecule has 1 N–H and O–H groups in total. The third-order valence-electron chi connectivity index (χ3n) is 2.68. The van der Waals surface area contributed by atoms with Gasteiger partial charge in [-0.3, -0.25) is 0 Å². The number of hydrogen-bond acceptors (Lipinski definition) is 3. The van der Waals surface area contributed by atoms with E-state index in [0.29, 0.717) is 6.04 Å². The zero-order chi connectivity index (χ0) is 10.6. The molecule has 0 saturated carbocycles. The summed E-state index contributed by atoms with van der Waals surface area (Å²) in [4.78, 5) is 5.90. The summed E-state index contributed by atoms with van der Waals surface area (Å²) in [6.07, 6.45) is 3.50. The Labute approximate surface area is 90.8 Å². The first-order chi connectivity index (χ1) is 6.67. The van der Waals surface area contributed by atoms with Crippen molar-refractivity contribution in [3.05, 3.63) is 15.6 Å². The van der Waals surface area contributed by atoms with Crippen molar-refractivity contribution in [1.82, 2.24) is 10.3 Å². The molecule has 1 aromatic rings. The van der Waals surface area contributed by atoms with Crippen molar-refractivity contribution in [2.45, 2.75) is 46.1 Å². The van der Waals surface area contributed by atoms with E-state index in [-0.39, 0.29) is 0 Å². The number of nitrogens with zero attached hydrogens (tertiary/aromatic N) is 1. The van der Waals surface area contributed by atoms with E-state index in [1.165, 1.54) is 28.4 Å². The molecule has 0 aliphatic heterocycles. The Morgan fingerprint density at radius 3 is 2.57 bits per heavy atom. The first-order valence-electron chi connectivity index (χ1n) is 5.27. The molecular formula is C11H20N2S. The Kier molecular flexibility index (Phi) is 4.55. The van der Waals surface area contributed by atoms with Gasteiger partial charge in [0.2, 0.25) is 0 Å². The van der Waals surface area contributed by atoms with E-state index in [1.807, 2.05) is 18.4 Å². The Balaban J connectivity index is 2.45. The lowest BCUT2D eigenvalue weighted by atomic mass is 10.1. The number of thiazole rings is 1. The highest BCUT2D eigenvalue weighted by Gasteiger charge is 2.07. The second kappa shape index (κ2) is 5.47. The first kappa shape index (κ1) is 11.7. The second-order valence-corrected chi connectivity index (χ2v) is 4.97. The summed E-state index contributed by atoms with van der Waals surface area (Å²) < 4.78 is 0. The highest BCUT2D eigenvalue weighted by atomic mass is 32.1. The van der Waals surface area contributed by atoms with E-state index >= 15 is 0 Å². The summed E-state index contributed by atoms with van der Waals surface area (Å²) in [5.41, 5.74) is 1.20. The van der Waals surface area contributed by atoms with Crippen LogP contribution < -0.4 is 5.32 Å². The van der Waals surface area contributed by atoms with Gasteiger partial charge in [-0.2, -0.15) is 0 Å². The molecule has 0 saturated heterocycles. The average Bonchev–Trinajstić information content (AvgIpc) is 2.48. The quantitative estimate of drug-likeness (QED) is 0.811. The Morgan fingerprint density at radius 1 is 1.43 bits per heavy atom. The zero-order valence-corrected chi connectivity index (χ0v) is 10.4. The van der Waals surface area contributed by atoms with Crippen LogP contribution in [0.1, 0.15) is 35.3 Å². The lowest BCUT2D eigenvalue weighted by Gasteiger charge is -2.11. The van der Waals surface area contributed by atoms with Crippen molar-refractivity contribution >= 4 is 11.3 Å². The standard InChI is InChI=1S/C11H20N2S/c1-5-10(12-4)6-7-11-13-8(2)9(3)14-11/h10,12H,5-7H2,1-4H3. The Morgan fingerprint density at radius 2 is 2.14 bits per heavy atom. The molecule has 0 aliphatic rings. The molecule has 1 heterocycles. The van der Waals surface area contributed by atoms with Gasteiger partial charge in [0.15, 0.2) is 0 Å². The first-order valence-corrected chi connectivity index (χ1v) is 6.09. The van der Waals surface area contributed by atoms with E-state index in [1.54, 1.807) is 0 Å². The highest BCUT2D eigenvalue weighted by Crippen LogP contribution is 2.18. The smallest absolute Gasteiger partial charge is 0.0931 e. The van der Waals surface area contributed by atoms with Crippen LogP contribution in [0.25, 0.3) is 0 Å². The molecule has 1 aromatic heterocycles. The Bertz CT molecular complexity index is 257. The van der Waals surface area contributed by atoms with Gasteiger partial charge >= 0.3 is 0 Å². The van der Waals surface area contributed by atoms with Crippen LogP contribution in [0.3, 0.4) is 0 Å². The molecule has 0 aliphatic carbocycles. The molecule has 80 valence electrons. The van der Waals surface area contributed by atoms with Gasteiger partial charge in [-0.05, 0) is 33.7 Å². The van der Waals surface area contributed by atoms with Gasteiger partial charge in [-0.25, -0.2) is 4.98 Å². The Hall–Kier alpha value is -0.410. The fraction of sp³-hybridized carbons (Fsp3) is 0.727. The maximum Gasteiger partial charge on any atom is 0.0931 e. The molecule has 0 bridgehead atoms. The van der Waals surface area contributed by atoms with Crippen LogP contribution in [0.2, 0.25) is 0 Å². The van der Waals surface area contributed by atoms with Crippen molar-refractivity contribution in [3.63, 3.8) is 0 Å². The van der Waals surface area contributed by atoms with Crippen molar-refractivity contribution in [2.24, 2.45) is 0 Å². The zero-order valence-electron chi connectivity index (χ0n) is 9.55. The number of hydrogen-bond donors (Lipinski definition) is 1. The minimum atomic E-state index is 0.638. The predicted molar refractivity (Wildman–Crippen MR) is 63.0 cm³/mol. The monoisotopic (exact) mass is 212 g/mol. The maximum absolute atomic E-state index is 4.54. The molecule has 0 amide bonds. The van der Waals surface area contributed by atoms with E-state index in [9.17, 15) is 0 Å². The molecule has 2 nitrogen and oxygen atoms in total. The topological polar surface area (TPSA) is 24.9 Å². The van der Waals surface area contributed by atoms with E-state index in [2.05, 4.69) is 31.1 Å². The lowest BCUT2D eigenvalue weighted by Crippen LogP contribution is -2.24. The van der Waals surface area contributed by atoms with Crippen LogP contribution in [0.15, 0.2) is 0 Å². The van der Waals surface area contributed by atoms with Gasteiger partial charge in [0.1, 0.15) is 0 Å². The summed E-state index contributed by atoms with van der Waals surface area (Å²) in [6.45, 7) is 6.45. The summed E-state index contributed by atoms with van der Waals surface area (Å²) in [6, 6.07) is 0.638. The van der Waals surface area contributed by atoms with Crippen molar-refractivity contribution in [2.75, 3.05) is 7.05 Å². The van der Waals surface area contributed by atoms with E-state index in [4.69, 9.17) is 0 Å². The number of rotatable bonds is 5. The normalized spacial score (nSPS) is 13.1. The van der Waals surface area contributed by atoms with Crippen LogP contribution in [-0.2, 0) is 6.42 Å². The summed E-state index contributed by atoms with van der Waals surface area (Å²) in [5, 5.41) is 4.61. The minimum Gasteiger partial charge on any atom is -0.317 e. The van der Waals surface area contributed by atoms with Gasteiger partial charge in [0, 0.05) is 17.3 Å². The van der Waals surface area contributed by atoms with E-state index < -0.39 is 0 Å². The molecular weight excluding hydrogens is 192 g/mol. The SMILES string of the molecule is CCC(CCc1nc(C)c(C)s1)NC. The molecule has 14 heavy (non-hydrogen) atoms. The van der Waals surface area contributed by atoms with Gasteiger partial charge in [0.25, 0.3) is 0 Å². The fourth-order valence-electron chi connectivity index (χ4n) is 1.50. The van der Waals surface area contributed by atoms with Gasteiger partial charge in [0.05, 0.1) is 10.7 Å². The number of aromatic nitrogens is 1. The third-order valence-corrected chi connectivity index (χ3v) is 3.81. The largest absolute Gasteiger partial charge is 0.317 e. The minimum absolute atomic E-state index is 0.638. The third kappa shape index (κ3) is 3.07. The van der Waals surface area contributed by atoms with Gasteiger partial charge in [-0.15, -0.1) is 11.3 Å². The molecule has 0 fully saturated rings. The van der Waals surface area contributed by atoms with Crippen molar-refractivity contribution in [1.29, 1.82) is 0 Å². The van der Waals surface area contributed by atoms with Crippen LogP contribution in [0.4, 0.5) is 0 Å². The van der Waals surface area contributed by atoms with Crippen molar-refractivity contribution < 1.29 is 0 Å². The lowest BCUT2D eigenvalue weighted by molar-refractivity contribution is 0.508.